The minimum atomic E-state index is -0.523. The number of likely N-dealkylation sites (tertiary alicyclic amines) is 1. The van der Waals surface area contributed by atoms with Gasteiger partial charge in [0.15, 0.2) is 0 Å². The molecule has 1 aromatic carbocycles. The van der Waals surface area contributed by atoms with Crippen LogP contribution >= 0.6 is 0 Å². The second-order valence-corrected chi connectivity index (χ2v) is 5.48. The smallest absolute Gasteiger partial charge is 0.322 e. The summed E-state index contributed by atoms with van der Waals surface area (Å²) >= 11 is 0. The summed E-state index contributed by atoms with van der Waals surface area (Å²) in [7, 11) is 0. The summed E-state index contributed by atoms with van der Waals surface area (Å²) < 4.78 is 0. The van der Waals surface area contributed by atoms with Gasteiger partial charge in [-0.15, -0.1) is 0 Å². The van der Waals surface area contributed by atoms with E-state index < -0.39 is 6.10 Å². The average Bonchev–Trinajstić information content (AvgIpc) is 2.47. The van der Waals surface area contributed by atoms with E-state index in [1.807, 2.05) is 29.2 Å². The molecule has 110 valence electrons. The Kier molecular flexibility index (Phi) is 5.01. The molecule has 0 saturated carbocycles. The number of nitrogens with zero attached hydrogens (tertiary/aromatic N) is 1. The number of amides is 2. The number of benzene rings is 1. The highest BCUT2D eigenvalue weighted by Crippen LogP contribution is 2.22. The highest BCUT2D eigenvalue weighted by Gasteiger charge is 2.25. The Hall–Kier alpha value is -1.55. The Morgan fingerprint density at radius 3 is 3.00 bits per heavy atom. The van der Waals surface area contributed by atoms with Crippen molar-refractivity contribution in [2.24, 2.45) is 0 Å². The molecule has 0 aromatic heterocycles. The second kappa shape index (κ2) is 6.75. The first-order valence-electron chi connectivity index (χ1n) is 7.47. The number of piperidine rings is 1. The van der Waals surface area contributed by atoms with E-state index in [0.717, 1.165) is 37.1 Å². The lowest BCUT2D eigenvalue weighted by Gasteiger charge is -2.35. The van der Waals surface area contributed by atoms with Gasteiger partial charge in [0.2, 0.25) is 0 Å². The normalized spacial score (nSPS) is 20.6. The van der Waals surface area contributed by atoms with E-state index in [9.17, 15) is 9.90 Å². The lowest BCUT2D eigenvalue weighted by atomic mass is 10.0. The molecule has 1 aromatic rings. The molecule has 4 nitrogen and oxygen atoms in total. The Morgan fingerprint density at radius 1 is 1.50 bits per heavy atom. The predicted octanol–water partition coefficient (Wildman–Crippen LogP) is 3.54. The van der Waals surface area contributed by atoms with Gasteiger partial charge in [-0.25, -0.2) is 4.79 Å². The van der Waals surface area contributed by atoms with Crippen LogP contribution in [0, 0.1) is 0 Å². The number of urea groups is 1. The Morgan fingerprint density at radius 2 is 2.30 bits per heavy atom. The molecule has 1 aliphatic rings. The van der Waals surface area contributed by atoms with Crippen LogP contribution in [-0.2, 0) is 0 Å². The van der Waals surface area contributed by atoms with Gasteiger partial charge in [-0.1, -0.05) is 19.1 Å². The molecule has 2 amide bonds. The third kappa shape index (κ3) is 3.51. The number of aliphatic hydroxyl groups is 1. The molecule has 0 radical (unpaired) electrons. The van der Waals surface area contributed by atoms with Crippen molar-refractivity contribution < 1.29 is 9.90 Å². The summed E-state index contributed by atoms with van der Waals surface area (Å²) in [6.07, 6.45) is 3.86. The van der Waals surface area contributed by atoms with Crippen molar-refractivity contribution in [3.63, 3.8) is 0 Å². The van der Waals surface area contributed by atoms with Crippen molar-refractivity contribution in [3.8, 4) is 0 Å². The van der Waals surface area contributed by atoms with Crippen LogP contribution in [0.2, 0.25) is 0 Å². The van der Waals surface area contributed by atoms with E-state index in [1.54, 1.807) is 6.92 Å². The maximum Gasteiger partial charge on any atom is 0.322 e. The van der Waals surface area contributed by atoms with E-state index in [-0.39, 0.29) is 6.03 Å². The van der Waals surface area contributed by atoms with Crippen molar-refractivity contribution in [1.29, 1.82) is 0 Å². The molecular weight excluding hydrogens is 252 g/mol. The third-order valence-electron chi connectivity index (χ3n) is 3.98. The second-order valence-electron chi connectivity index (χ2n) is 5.48. The van der Waals surface area contributed by atoms with Crippen LogP contribution in [0.5, 0.6) is 0 Å². The Bertz CT molecular complexity index is 460. The SMILES string of the molecule is CCC1CCCCN1C(=O)Nc1cccc(C(C)O)c1. The lowest BCUT2D eigenvalue weighted by molar-refractivity contribution is 0.160. The van der Waals surface area contributed by atoms with Gasteiger partial charge in [0.25, 0.3) is 0 Å². The van der Waals surface area contributed by atoms with Crippen LogP contribution < -0.4 is 5.32 Å². The van der Waals surface area contributed by atoms with Gasteiger partial charge >= 0.3 is 6.03 Å². The summed E-state index contributed by atoms with van der Waals surface area (Å²) in [5.41, 5.74) is 1.56. The van der Waals surface area contributed by atoms with Crippen molar-refractivity contribution in [2.75, 3.05) is 11.9 Å². The molecule has 2 atom stereocenters. The molecule has 2 rings (SSSR count). The number of hydrogen-bond acceptors (Lipinski definition) is 2. The minimum absolute atomic E-state index is 0.0284. The quantitative estimate of drug-likeness (QED) is 0.887. The van der Waals surface area contributed by atoms with Crippen LogP contribution in [-0.4, -0.2) is 28.6 Å². The Balaban J connectivity index is 2.05. The van der Waals surface area contributed by atoms with E-state index in [1.165, 1.54) is 6.42 Å². The first kappa shape index (κ1) is 14.9. The zero-order valence-electron chi connectivity index (χ0n) is 12.3. The predicted molar refractivity (Wildman–Crippen MR) is 80.7 cm³/mol. The van der Waals surface area contributed by atoms with Gasteiger partial charge in [-0.05, 0) is 50.3 Å². The molecule has 2 N–H and O–H groups in total. The number of carbonyl (C=O) groups excluding carboxylic acids is 1. The van der Waals surface area contributed by atoms with E-state index in [0.29, 0.717) is 6.04 Å². The van der Waals surface area contributed by atoms with Crippen LogP contribution in [0.4, 0.5) is 10.5 Å². The first-order valence-corrected chi connectivity index (χ1v) is 7.47. The maximum atomic E-state index is 12.4. The highest BCUT2D eigenvalue weighted by molar-refractivity contribution is 5.89. The summed E-state index contributed by atoms with van der Waals surface area (Å²) in [5, 5.41) is 12.5. The summed E-state index contributed by atoms with van der Waals surface area (Å²) in [4.78, 5) is 14.3. The zero-order valence-corrected chi connectivity index (χ0v) is 12.3. The van der Waals surface area contributed by atoms with Crippen LogP contribution in [0.25, 0.3) is 0 Å². The molecule has 1 fully saturated rings. The van der Waals surface area contributed by atoms with Gasteiger partial charge in [0, 0.05) is 18.3 Å². The fourth-order valence-electron chi connectivity index (χ4n) is 2.76. The molecule has 1 aliphatic heterocycles. The van der Waals surface area contributed by atoms with Crippen LogP contribution in [0.15, 0.2) is 24.3 Å². The number of carbonyl (C=O) groups is 1. The highest BCUT2D eigenvalue weighted by atomic mass is 16.3. The van der Waals surface area contributed by atoms with Crippen molar-refractivity contribution in [1.82, 2.24) is 4.90 Å². The van der Waals surface area contributed by atoms with E-state index in [4.69, 9.17) is 0 Å². The molecular formula is C16H24N2O2. The van der Waals surface area contributed by atoms with E-state index in [2.05, 4.69) is 12.2 Å². The molecule has 4 heteroatoms. The fraction of sp³-hybridized carbons (Fsp3) is 0.562. The molecule has 0 aliphatic carbocycles. The fourth-order valence-corrected chi connectivity index (χ4v) is 2.76. The van der Waals surface area contributed by atoms with Gasteiger partial charge in [0.1, 0.15) is 0 Å². The number of hydrogen-bond donors (Lipinski definition) is 2. The standard InChI is InChI=1S/C16H24N2O2/c1-3-15-9-4-5-10-18(15)16(20)17-14-8-6-7-13(11-14)12(2)19/h6-8,11-12,15,19H,3-5,9-10H2,1-2H3,(H,17,20). The topological polar surface area (TPSA) is 52.6 Å². The Labute approximate surface area is 120 Å². The number of rotatable bonds is 3. The maximum absolute atomic E-state index is 12.4. The largest absolute Gasteiger partial charge is 0.389 e. The number of anilines is 1. The van der Waals surface area contributed by atoms with Crippen molar-refractivity contribution in [3.05, 3.63) is 29.8 Å². The van der Waals surface area contributed by atoms with Crippen LogP contribution in [0.1, 0.15) is 51.2 Å². The number of nitrogens with one attached hydrogen (secondary N) is 1. The van der Waals surface area contributed by atoms with Gasteiger partial charge in [0.05, 0.1) is 6.10 Å². The molecule has 1 heterocycles. The van der Waals surface area contributed by atoms with Gasteiger partial charge in [-0.2, -0.15) is 0 Å². The minimum Gasteiger partial charge on any atom is -0.389 e. The molecule has 20 heavy (non-hydrogen) atoms. The molecule has 2 unspecified atom stereocenters. The average molecular weight is 276 g/mol. The zero-order chi connectivity index (χ0) is 14.5. The van der Waals surface area contributed by atoms with Crippen molar-refractivity contribution >= 4 is 11.7 Å². The van der Waals surface area contributed by atoms with Gasteiger partial charge in [-0.3, -0.25) is 0 Å². The molecule has 0 spiro atoms. The summed E-state index contributed by atoms with van der Waals surface area (Å²) in [6.45, 7) is 4.68. The van der Waals surface area contributed by atoms with Crippen LogP contribution in [0.3, 0.4) is 0 Å². The molecule has 0 bridgehead atoms. The number of aliphatic hydroxyl groups excluding tert-OH is 1. The van der Waals surface area contributed by atoms with Crippen molar-refractivity contribution in [2.45, 2.75) is 51.7 Å². The monoisotopic (exact) mass is 276 g/mol. The first-order chi connectivity index (χ1) is 9.61. The third-order valence-corrected chi connectivity index (χ3v) is 3.98. The summed E-state index contributed by atoms with van der Waals surface area (Å²) in [6, 6.07) is 7.71. The van der Waals surface area contributed by atoms with E-state index >= 15 is 0 Å². The van der Waals surface area contributed by atoms with Gasteiger partial charge < -0.3 is 15.3 Å². The lowest BCUT2D eigenvalue weighted by Crippen LogP contribution is -2.45. The summed E-state index contributed by atoms with van der Waals surface area (Å²) in [5.74, 6) is 0. The molecule has 1 saturated heterocycles.